The topological polar surface area (TPSA) is 64.7 Å². The van der Waals surface area contributed by atoms with Crippen LogP contribution in [0.15, 0.2) is 42.5 Å². The molecule has 1 N–H and O–H groups in total. The van der Waals surface area contributed by atoms with Gasteiger partial charge in [0.15, 0.2) is 5.82 Å². The molecule has 0 radical (unpaired) electrons. The SMILES string of the molecule is Cc1nn(-c2ccc(F)cc2F)c(C)c1C(=O)NC(C)c1nc2ccccc2n1C. The fourth-order valence-electron chi connectivity index (χ4n) is 3.74. The normalized spacial score (nSPS) is 12.3. The van der Waals surface area contributed by atoms with Gasteiger partial charge < -0.3 is 9.88 Å². The summed E-state index contributed by atoms with van der Waals surface area (Å²) in [6.45, 7) is 5.21. The van der Waals surface area contributed by atoms with Crippen molar-refractivity contribution in [3.8, 4) is 5.69 Å². The second-order valence-electron chi connectivity index (χ2n) is 7.27. The van der Waals surface area contributed by atoms with Gasteiger partial charge in [0.2, 0.25) is 0 Å². The largest absolute Gasteiger partial charge is 0.342 e. The Morgan fingerprint density at radius 3 is 2.57 bits per heavy atom. The van der Waals surface area contributed by atoms with Crippen molar-refractivity contribution in [2.45, 2.75) is 26.8 Å². The molecule has 0 aliphatic heterocycles. The molecule has 30 heavy (non-hydrogen) atoms. The highest BCUT2D eigenvalue weighted by Crippen LogP contribution is 2.23. The Labute approximate surface area is 172 Å². The summed E-state index contributed by atoms with van der Waals surface area (Å²) in [5.41, 5.74) is 3.17. The Morgan fingerprint density at radius 2 is 1.87 bits per heavy atom. The van der Waals surface area contributed by atoms with Crippen LogP contribution in [0.3, 0.4) is 0 Å². The van der Waals surface area contributed by atoms with Crippen molar-refractivity contribution < 1.29 is 13.6 Å². The van der Waals surface area contributed by atoms with Gasteiger partial charge in [-0.2, -0.15) is 5.10 Å². The molecule has 0 bridgehead atoms. The van der Waals surface area contributed by atoms with E-state index in [2.05, 4.69) is 15.4 Å². The van der Waals surface area contributed by atoms with Gasteiger partial charge in [0.1, 0.15) is 17.3 Å². The second-order valence-corrected chi connectivity index (χ2v) is 7.27. The number of hydrogen-bond acceptors (Lipinski definition) is 3. The lowest BCUT2D eigenvalue weighted by molar-refractivity contribution is 0.0936. The minimum Gasteiger partial charge on any atom is -0.342 e. The fourth-order valence-corrected chi connectivity index (χ4v) is 3.74. The van der Waals surface area contributed by atoms with Gasteiger partial charge in [0.25, 0.3) is 5.91 Å². The standard InChI is InChI=1S/C22H21F2N5O/c1-12-20(14(3)29(27-12)18-10-9-15(23)11-16(18)24)22(30)25-13(2)21-26-17-7-5-6-8-19(17)28(21)4/h5-11,13H,1-4H3,(H,25,30). The number of amides is 1. The summed E-state index contributed by atoms with van der Waals surface area (Å²) >= 11 is 0. The Kier molecular flexibility index (Phi) is 4.85. The smallest absolute Gasteiger partial charge is 0.255 e. The molecule has 4 aromatic rings. The van der Waals surface area contributed by atoms with Gasteiger partial charge >= 0.3 is 0 Å². The van der Waals surface area contributed by atoms with Gasteiger partial charge in [-0.3, -0.25) is 4.79 Å². The van der Waals surface area contributed by atoms with Crippen LogP contribution in [0.2, 0.25) is 0 Å². The highest BCUT2D eigenvalue weighted by atomic mass is 19.1. The number of halogens is 2. The number of imidazole rings is 1. The van der Waals surface area contributed by atoms with Crippen molar-refractivity contribution in [1.29, 1.82) is 0 Å². The zero-order chi connectivity index (χ0) is 21.6. The highest BCUT2D eigenvalue weighted by molar-refractivity contribution is 5.96. The molecule has 1 atom stereocenters. The van der Waals surface area contributed by atoms with Crippen LogP contribution < -0.4 is 5.32 Å². The van der Waals surface area contributed by atoms with E-state index in [0.29, 0.717) is 17.0 Å². The summed E-state index contributed by atoms with van der Waals surface area (Å²) in [5, 5.41) is 7.25. The maximum Gasteiger partial charge on any atom is 0.255 e. The van der Waals surface area contributed by atoms with E-state index in [1.807, 2.05) is 42.8 Å². The van der Waals surface area contributed by atoms with Crippen LogP contribution in [0.4, 0.5) is 8.78 Å². The monoisotopic (exact) mass is 409 g/mol. The van der Waals surface area contributed by atoms with Gasteiger partial charge in [-0.1, -0.05) is 12.1 Å². The molecule has 0 saturated carbocycles. The predicted octanol–water partition coefficient (Wildman–Crippen LogP) is 4.15. The fraction of sp³-hybridized carbons (Fsp3) is 0.227. The van der Waals surface area contributed by atoms with Crippen LogP contribution in [-0.4, -0.2) is 25.2 Å². The summed E-state index contributed by atoms with van der Waals surface area (Å²) in [6, 6.07) is 10.6. The van der Waals surface area contributed by atoms with E-state index in [1.165, 1.54) is 10.7 Å². The number of carbonyl (C=O) groups excluding carboxylic acids is 1. The van der Waals surface area contributed by atoms with Gasteiger partial charge in [0.05, 0.1) is 34.0 Å². The Bertz CT molecular complexity index is 1270. The zero-order valence-electron chi connectivity index (χ0n) is 17.1. The highest BCUT2D eigenvalue weighted by Gasteiger charge is 2.24. The Balaban J connectivity index is 1.65. The minimum atomic E-state index is -0.749. The molecular weight excluding hydrogens is 388 g/mol. The number of aryl methyl sites for hydroxylation is 2. The lowest BCUT2D eigenvalue weighted by atomic mass is 10.1. The van der Waals surface area contributed by atoms with Crippen LogP contribution in [0.1, 0.15) is 40.5 Å². The van der Waals surface area contributed by atoms with E-state index in [9.17, 15) is 13.6 Å². The molecule has 2 aromatic heterocycles. The van der Waals surface area contributed by atoms with Crippen LogP contribution >= 0.6 is 0 Å². The maximum absolute atomic E-state index is 14.2. The third kappa shape index (κ3) is 3.24. The predicted molar refractivity (Wildman–Crippen MR) is 110 cm³/mol. The molecule has 0 saturated heterocycles. The van der Waals surface area contributed by atoms with E-state index in [4.69, 9.17) is 0 Å². The van der Waals surface area contributed by atoms with Crippen molar-refractivity contribution in [3.05, 3.63) is 76.9 Å². The third-order valence-electron chi connectivity index (χ3n) is 5.21. The number of nitrogens with one attached hydrogen (secondary N) is 1. The molecule has 1 unspecified atom stereocenters. The van der Waals surface area contributed by atoms with Gasteiger partial charge in [-0.15, -0.1) is 0 Å². The van der Waals surface area contributed by atoms with Gasteiger partial charge in [0, 0.05) is 13.1 Å². The van der Waals surface area contributed by atoms with Crippen molar-refractivity contribution in [1.82, 2.24) is 24.6 Å². The molecule has 2 heterocycles. The molecule has 0 aliphatic carbocycles. The molecule has 4 rings (SSSR count). The molecule has 0 fully saturated rings. The maximum atomic E-state index is 14.2. The average molecular weight is 409 g/mol. The number of rotatable bonds is 4. The van der Waals surface area contributed by atoms with Crippen molar-refractivity contribution >= 4 is 16.9 Å². The lowest BCUT2D eigenvalue weighted by Crippen LogP contribution is -2.29. The van der Waals surface area contributed by atoms with E-state index in [-0.39, 0.29) is 17.6 Å². The quantitative estimate of drug-likeness (QED) is 0.551. The van der Waals surface area contributed by atoms with Crippen LogP contribution in [0.5, 0.6) is 0 Å². The number of para-hydroxylation sites is 2. The number of nitrogens with zero attached hydrogens (tertiary/aromatic N) is 4. The first-order chi connectivity index (χ1) is 14.3. The molecule has 0 spiro atoms. The van der Waals surface area contributed by atoms with Crippen molar-refractivity contribution in [2.75, 3.05) is 0 Å². The first-order valence-electron chi connectivity index (χ1n) is 9.51. The molecule has 2 aromatic carbocycles. The van der Waals surface area contributed by atoms with Gasteiger partial charge in [-0.05, 0) is 45.0 Å². The molecule has 8 heteroatoms. The van der Waals surface area contributed by atoms with Crippen LogP contribution in [-0.2, 0) is 7.05 Å². The van der Waals surface area contributed by atoms with Crippen molar-refractivity contribution in [2.24, 2.45) is 7.05 Å². The summed E-state index contributed by atoms with van der Waals surface area (Å²) in [7, 11) is 1.90. The Hall–Kier alpha value is -3.55. The molecule has 0 aliphatic rings. The van der Waals surface area contributed by atoms with Gasteiger partial charge in [-0.25, -0.2) is 18.4 Å². The summed E-state index contributed by atoms with van der Waals surface area (Å²) in [6.07, 6.45) is 0. The average Bonchev–Trinajstić information content (AvgIpc) is 3.18. The van der Waals surface area contributed by atoms with Crippen LogP contribution in [0.25, 0.3) is 16.7 Å². The number of carbonyl (C=O) groups is 1. The number of aromatic nitrogens is 4. The number of fused-ring (bicyclic) bond motifs is 1. The number of hydrogen-bond donors (Lipinski definition) is 1. The molecule has 154 valence electrons. The number of benzene rings is 2. The third-order valence-corrected chi connectivity index (χ3v) is 5.21. The minimum absolute atomic E-state index is 0.0828. The Morgan fingerprint density at radius 1 is 1.13 bits per heavy atom. The van der Waals surface area contributed by atoms with E-state index in [1.54, 1.807) is 13.8 Å². The molecular formula is C22H21F2N5O. The van der Waals surface area contributed by atoms with Crippen molar-refractivity contribution in [3.63, 3.8) is 0 Å². The lowest BCUT2D eigenvalue weighted by Gasteiger charge is -2.14. The zero-order valence-corrected chi connectivity index (χ0v) is 17.1. The summed E-state index contributed by atoms with van der Waals surface area (Å²) < 4.78 is 30.7. The summed E-state index contributed by atoms with van der Waals surface area (Å²) in [4.78, 5) is 17.6. The summed E-state index contributed by atoms with van der Waals surface area (Å²) in [5.74, 6) is -1.04. The van der Waals surface area contributed by atoms with E-state index < -0.39 is 11.6 Å². The first kappa shape index (κ1) is 19.8. The molecule has 6 nitrogen and oxygen atoms in total. The molecule has 1 amide bonds. The van der Waals surface area contributed by atoms with E-state index in [0.717, 1.165) is 29.0 Å². The van der Waals surface area contributed by atoms with E-state index >= 15 is 0 Å². The van der Waals surface area contributed by atoms with Crippen LogP contribution in [0, 0.1) is 25.5 Å². The first-order valence-corrected chi connectivity index (χ1v) is 9.51. The second kappa shape index (κ2) is 7.37.